The van der Waals surface area contributed by atoms with Crippen molar-refractivity contribution in [1.29, 1.82) is 0 Å². The number of hydrogen-bond acceptors (Lipinski definition) is 9. The van der Waals surface area contributed by atoms with Gasteiger partial charge in [0.15, 0.2) is 17.3 Å². The molecule has 16 heteroatoms. The van der Waals surface area contributed by atoms with Gasteiger partial charge in [0.1, 0.15) is 5.82 Å². The first kappa shape index (κ1) is 30.3. The molecule has 0 radical (unpaired) electrons. The second-order valence-corrected chi connectivity index (χ2v) is 9.53. The number of halogens is 6. The van der Waals surface area contributed by atoms with Crippen molar-refractivity contribution in [1.82, 2.24) is 20.1 Å². The molecule has 5 rings (SSSR count). The first-order chi connectivity index (χ1) is 20.1. The summed E-state index contributed by atoms with van der Waals surface area (Å²) in [5, 5.41) is 6.39. The Bertz CT molecular complexity index is 1480. The third kappa shape index (κ3) is 6.63. The number of carbonyl (C=O) groups is 1. The summed E-state index contributed by atoms with van der Waals surface area (Å²) in [4.78, 5) is 31.1. The number of aromatic nitrogens is 4. The zero-order valence-electron chi connectivity index (χ0n) is 22.2. The average Bonchev–Trinajstić information content (AvgIpc) is 3.68. The van der Waals surface area contributed by atoms with Gasteiger partial charge in [0.25, 0.3) is 5.91 Å². The minimum Gasteiger partial charge on any atom is -0.431 e. The van der Waals surface area contributed by atoms with E-state index in [1.165, 1.54) is 36.5 Å². The van der Waals surface area contributed by atoms with Crippen molar-refractivity contribution in [2.75, 3.05) is 23.3 Å². The van der Waals surface area contributed by atoms with E-state index in [9.17, 15) is 22.5 Å². The number of para-hydroxylation sites is 1. The SMILES string of the molecule is CC(C)c1noc(C2CCN(c3ccc(NC(=O)c4nc(-c5ccccc5OF)oc4C(F)(F)F)cn3)CC2)n1.FF. The van der Waals surface area contributed by atoms with E-state index < -0.39 is 35.2 Å². The molecule has 1 N–H and O–H groups in total. The predicted molar refractivity (Wildman–Crippen MR) is 136 cm³/mol. The maximum absolute atomic E-state index is 13.6. The second kappa shape index (κ2) is 12.9. The fraction of sp³-hybridized carbons (Fsp3) is 0.346. The number of alkyl halides is 3. The van der Waals surface area contributed by atoms with Crippen molar-refractivity contribution < 1.29 is 45.5 Å². The number of hydrogen-bond donors (Lipinski definition) is 1. The quantitative estimate of drug-likeness (QED) is 0.224. The lowest BCUT2D eigenvalue weighted by molar-refractivity contribution is -0.153. The van der Waals surface area contributed by atoms with Gasteiger partial charge in [0.05, 0.1) is 17.4 Å². The first-order valence-electron chi connectivity index (χ1n) is 12.6. The Hall–Kier alpha value is -4.63. The molecule has 0 spiro atoms. The van der Waals surface area contributed by atoms with Crippen LogP contribution in [-0.4, -0.2) is 39.1 Å². The van der Waals surface area contributed by atoms with Gasteiger partial charge < -0.3 is 19.2 Å². The van der Waals surface area contributed by atoms with Crippen LogP contribution in [0.5, 0.6) is 5.75 Å². The molecule has 1 amide bonds. The lowest BCUT2D eigenvalue weighted by atomic mass is 9.96. The molecule has 0 bridgehead atoms. The molecule has 1 aromatic carbocycles. The van der Waals surface area contributed by atoms with Gasteiger partial charge in [0.2, 0.25) is 17.5 Å². The van der Waals surface area contributed by atoms with Crippen LogP contribution in [0.15, 0.2) is 51.5 Å². The van der Waals surface area contributed by atoms with Crippen molar-refractivity contribution in [3.05, 3.63) is 65.8 Å². The van der Waals surface area contributed by atoms with Gasteiger partial charge in [-0.15, -0.1) is 0 Å². The van der Waals surface area contributed by atoms with Gasteiger partial charge in [-0.2, -0.15) is 18.2 Å². The highest BCUT2D eigenvalue weighted by atomic mass is 20.0. The summed E-state index contributed by atoms with van der Waals surface area (Å²) in [6, 6.07) is 8.45. The minimum atomic E-state index is -5.03. The number of piperidine rings is 1. The predicted octanol–water partition coefficient (Wildman–Crippen LogP) is 7.00. The number of oxazole rings is 1. The zero-order valence-corrected chi connectivity index (χ0v) is 22.2. The molecule has 10 nitrogen and oxygen atoms in total. The third-order valence-corrected chi connectivity index (χ3v) is 6.45. The molecule has 1 saturated heterocycles. The lowest BCUT2D eigenvalue weighted by Gasteiger charge is -2.31. The summed E-state index contributed by atoms with van der Waals surface area (Å²) >= 11 is 0. The largest absolute Gasteiger partial charge is 0.452 e. The summed E-state index contributed by atoms with van der Waals surface area (Å²) in [5.74, 6) is -1.54. The van der Waals surface area contributed by atoms with Crippen molar-refractivity contribution in [2.45, 2.75) is 44.7 Å². The van der Waals surface area contributed by atoms with Gasteiger partial charge in [0, 0.05) is 38.6 Å². The standard InChI is InChI=1S/C26H24F4N6O4.F2/c1-14(2)22-34-24(40-35-22)15-9-11-36(12-10-15)19-8-7-16(13-31-19)32-23(37)20-21(26(27,28)29)38-25(33-20)17-5-3-4-6-18(17)39-30;1-2/h3-8,13-15H,9-12H2,1-2H3,(H,32,37);. The van der Waals surface area contributed by atoms with Crippen LogP contribution in [0.25, 0.3) is 11.5 Å². The molecule has 1 aliphatic heterocycles. The molecule has 4 heterocycles. The number of rotatable bonds is 7. The first-order valence-corrected chi connectivity index (χ1v) is 12.6. The third-order valence-electron chi connectivity index (χ3n) is 6.45. The summed E-state index contributed by atoms with van der Waals surface area (Å²) in [6.45, 7) is 5.36. The molecule has 0 unspecified atom stereocenters. The van der Waals surface area contributed by atoms with Crippen LogP contribution in [0.2, 0.25) is 0 Å². The average molecular weight is 599 g/mol. The van der Waals surface area contributed by atoms with Crippen LogP contribution in [0.4, 0.5) is 38.4 Å². The van der Waals surface area contributed by atoms with Gasteiger partial charge >= 0.3 is 6.18 Å². The maximum atomic E-state index is 13.6. The lowest BCUT2D eigenvalue weighted by Crippen LogP contribution is -2.33. The summed E-state index contributed by atoms with van der Waals surface area (Å²) in [6.07, 6.45) is -2.13. The van der Waals surface area contributed by atoms with E-state index in [4.69, 9.17) is 18.1 Å². The van der Waals surface area contributed by atoms with Crippen LogP contribution >= 0.6 is 0 Å². The molecule has 1 fully saturated rings. The van der Waals surface area contributed by atoms with Crippen molar-refractivity contribution in [2.24, 2.45) is 0 Å². The van der Waals surface area contributed by atoms with Crippen LogP contribution in [-0.2, 0) is 6.18 Å². The van der Waals surface area contributed by atoms with E-state index >= 15 is 0 Å². The molecule has 0 atom stereocenters. The van der Waals surface area contributed by atoms with E-state index in [0.717, 1.165) is 12.8 Å². The van der Waals surface area contributed by atoms with Crippen LogP contribution in [0.3, 0.4) is 0 Å². The number of pyridine rings is 1. The van der Waals surface area contributed by atoms with Crippen LogP contribution in [0.1, 0.15) is 66.5 Å². The highest BCUT2D eigenvalue weighted by Crippen LogP contribution is 2.38. The summed E-state index contributed by atoms with van der Waals surface area (Å²) < 4.78 is 80.0. The van der Waals surface area contributed by atoms with Gasteiger partial charge in [-0.25, -0.2) is 9.97 Å². The topological polar surface area (TPSA) is 119 Å². The highest BCUT2D eigenvalue weighted by Gasteiger charge is 2.42. The minimum absolute atomic E-state index is 0.147. The van der Waals surface area contributed by atoms with Gasteiger partial charge in [-0.3, -0.25) is 9.74 Å². The smallest absolute Gasteiger partial charge is 0.431 e. The Morgan fingerprint density at radius 3 is 2.40 bits per heavy atom. The molecule has 0 aliphatic carbocycles. The Morgan fingerprint density at radius 1 is 1.10 bits per heavy atom. The number of amides is 1. The Balaban J connectivity index is 0.00000198. The molecular weight excluding hydrogens is 574 g/mol. The second-order valence-electron chi connectivity index (χ2n) is 9.53. The molecule has 1 aliphatic rings. The monoisotopic (exact) mass is 598 g/mol. The summed E-state index contributed by atoms with van der Waals surface area (Å²) in [7, 11) is 0. The van der Waals surface area contributed by atoms with Gasteiger partial charge in [-0.1, -0.05) is 31.1 Å². The molecular formula is C26H24F6N6O4. The molecule has 42 heavy (non-hydrogen) atoms. The number of nitrogens with zero attached hydrogens (tertiary/aromatic N) is 5. The van der Waals surface area contributed by atoms with E-state index in [2.05, 4.69) is 35.3 Å². The number of anilines is 2. The van der Waals surface area contributed by atoms with E-state index in [-0.39, 0.29) is 23.1 Å². The Kier molecular flexibility index (Phi) is 9.32. The molecule has 0 saturated carbocycles. The zero-order chi connectivity index (χ0) is 30.4. The van der Waals surface area contributed by atoms with Crippen LogP contribution < -0.4 is 15.2 Å². The molecule has 224 valence electrons. The fourth-order valence-corrected chi connectivity index (χ4v) is 4.33. The summed E-state index contributed by atoms with van der Waals surface area (Å²) in [5.41, 5.74) is -1.05. The number of benzene rings is 1. The van der Waals surface area contributed by atoms with Crippen molar-refractivity contribution in [3.63, 3.8) is 0 Å². The number of carbonyl (C=O) groups excluding carboxylic acids is 1. The number of nitrogens with one attached hydrogen (secondary N) is 1. The Labute approximate surface area is 234 Å². The molecule has 3 aromatic heterocycles. The molecule has 4 aromatic rings. The van der Waals surface area contributed by atoms with Crippen LogP contribution in [0, 0.1) is 0 Å². The highest BCUT2D eigenvalue weighted by molar-refractivity contribution is 6.04. The van der Waals surface area contributed by atoms with Gasteiger partial charge in [-0.05, 0) is 37.1 Å². The Morgan fingerprint density at radius 2 is 1.81 bits per heavy atom. The van der Waals surface area contributed by atoms with E-state index in [0.29, 0.717) is 30.6 Å². The van der Waals surface area contributed by atoms with E-state index in [1.807, 2.05) is 13.8 Å². The van der Waals surface area contributed by atoms with Crippen molar-refractivity contribution >= 4 is 17.4 Å². The van der Waals surface area contributed by atoms with Crippen molar-refractivity contribution in [3.8, 4) is 17.2 Å². The normalized spacial score (nSPS) is 14.0. The van der Waals surface area contributed by atoms with E-state index in [1.54, 1.807) is 6.07 Å². The maximum Gasteiger partial charge on any atom is 0.452 e. The fourth-order valence-electron chi connectivity index (χ4n) is 4.33.